The molecule has 0 unspecified atom stereocenters. The minimum atomic E-state index is -0.150. The van der Waals surface area contributed by atoms with Crippen molar-refractivity contribution in [3.63, 3.8) is 0 Å². The van der Waals surface area contributed by atoms with Crippen LogP contribution in [-0.2, 0) is 0 Å². The number of nitrogens with two attached hydrogens (primary N) is 1. The number of rotatable bonds is 2. The number of nitrogens with zero attached hydrogens (tertiary/aromatic N) is 2. The number of hydrogen-bond donors (Lipinski definition) is 1. The lowest BCUT2D eigenvalue weighted by Gasteiger charge is -2.43. The van der Waals surface area contributed by atoms with Crippen molar-refractivity contribution in [3.05, 3.63) is 0 Å². The van der Waals surface area contributed by atoms with Crippen LogP contribution in [0.5, 0.6) is 0 Å². The van der Waals surface area contributed by atoms with Gasteiger partial charge in [0.25, 0.3) is 0 Å². The summed E-state index contributed by atoms with van der Waals surface area (Å²) in [5.41, 5.74) is 5.89. The molecule has 0 bridgehead atoms. The molecule has 2 N–H and O–H groups in total. The maximum atomic E-state index is 6.04. The number of hydrogen-bond acceptors (Lipinski definition) is 3. The van der Waals surface area contributed by atoms with Crippen molar-refractivity contribution in [2.45, 2.75) is 39.4 Å². The lowest BCUT2D eigenvalue weighted by molar-refractivity contribution is 0.0433. The Balaban J connectivity index is 2.39. The molecule has 0 radical (unpaired) electrons. The van der Waals surface area contributed by atoms with Gasteiger partial charge in [-0.3, -0.25) is 9.80 Å². The first-order valence-electron chi connectivity index (χ1n) is 5.19. The fourth-order valence-corrected chi connectivity index (χ4v) is 1.81. The van der Waals surface area contributed by atoms with Gasteiger partial charge in [0.15, 0.2) is 0 Å². The molecule has 78 valence electrons. The van der Waals surface area contributed by atoms with Crippen LogP contribution in [0.1, 0.15) is 27.7 Å². The average molecular weight is 185 g/mol. The van der Waals surface area contributed by atoms with E-state index in [1.807, 2.05) is 0 Å². The zero-order valence-electron chi connectivity index (χ0n) is 9.38. The molecule has 1 aliphatic heterocycles. The SMILES string of the molecule is CC(C)N1CCN(C(C)(C)N)CC1. The summed E-state index contributed by atoms with van der Waals surface area (Å²) >= 11 is 0. The summed E-state index contributed by atoms with van der Waals surface area (Å²) < 4.78 is 0. The largest absolute Gasteiger partial charge is 0.314 e. The van der Waals surface area contributed by atoms with E-state index in [1.165, 1.54) is 0 Å². The van der Waals surface area contributed by atoms with Crippen LogP contribution in [0.25, 0.3) is 0 Å². The van der Waals surface area contributed by atoms with E-state index >= 15 is 0 Å². The van der Waals surface area contributed by atoms with Gasteiger partial charge < -0.3 is 5.73 Å². The highest BCUT2D eigenvalue weighted by Crippen LogP contribution is 2.12. The second-order valence-corrected chi connectivity index (χ2v) is 4.77. The van der Waals surface area contributed by atoms with Crippen LogP contribution < -0.4 is 5.73 Å². The van der Waals surface area contributed by atoms with Crippen LogP contribution in [0, 0.1) is 0 Å². The molecular weight excluding hydrogens is 162 g/mol. The van der Waals surface area contributed by atoms with Crippen LogP contribution in [0.15, 0.2) is 0 Å². The molecule has 1 saturated heterocycles. The molecule has 0 aliphatic carbocycles. The Morgan fingerprint density at radius 2 is 1.54 bits per heavy atom. The molecule has 3 nitrogen and oxygen atoms in total. The standard InChI is InChI=1S/C10H23N3/c1-9(2)12-5-7-13(8-6-12)10(3,4)11/h9H,5-8,11H2,1-4H3. The summed E-state index contributed by atoms with van der Waals surface area (Å²) in [7, 11) is 0. The normalized spacial score (nSPS) is 22.6. The summed E-state index contributed by atoms with van der Waals surface area (Å²) in [4.78, 5) is 4.86. The molecule has 0 aromatic rings. The lowest BCUT2D eigenvalue weighted by Crippen LogP contribution is -2.59. The predicted molar refractivity (Wildman–Crippen MR) is 56.5 cm³/mol. The Kier molecular flexibility index (Phi) is 3.33. The van der Waals surface area contributed by atoms with Crippen LogP contribution >= 0.6 is 0 Å². The smallest absolute Gasteiger partial charge is 0.0630 e. The topological polar surface area (TPSA) is 32.5 Å². The fourth-order valence-electron chi connectivity index (χ4n) is 1.81. The van der Waals surface area contributed by atoms with Gasteiger partial charge in [0, 0.05) is 32.2 Å². The first-order chi connectivity index (χ1) is 5.91. The first-order valence-corrected chi connectivity index (χ1v) is 5.19. The van der Waals surface area contributed by atoms with Gasteiger partial charge >= 0.3 is 0 Å². The summed E-state index contributed by atoms with van der Waals surface area (Å²) in [6, 6.07) is 0.669. The van der Waals surface area contributed by atoms with E-state index in [9.17, 15) is 0 Å². The second kappa shape index (κ2) is 3.95. The molecule has 0 aromatic heterocycles. The van der Waals surface area contributed by atoms with Crippen molar-refractivity contribution in [2.75, 3.05) is 26.2 Å². The van der Waals surface area contributed by atoms with Crippen molar-refractivity contribution in [1.82, 2.24) is 9.80 Å². The van der Waals surface area contributed by atoms with Gasteiger partial charge in [-0.05, 0) is 27.7 Å². The molecule has 0 spiro atoms. The third kappa shape index (κ3) is 2.93. The first kappa shape index (κ1) is 11.0. The van der Waals surface area contributed by atoms with Gasteiger partial charge in [0.2, 0.25) is 0 Å². The molecule has 0 atom stereocenters. The lowest BCUT2D eigenvalue weighted by atomic mass is 10.1. The quantitative estimate of drug-likeness (QED) is 0.687. The minimum absolute atomic E-state index is 0.150. The van der Waals surface area contributed by atoms with E-state index in [0.717, 1.165) is 26.2 Å². The Labute approximate surface area is 81.9 Å². The Morgan fingerprint density at radius 3 is 1.85 bits per heavy atom. The summed E-state index contributed by atoms with van der Waals surface area (Å²) in [5, 5.41) is 0. The fraction of sp³-hybridized carbons (Fsp3) is 1.00. The highest BCUT2D eigenvalue weighted by Gasteiger charge is 2.26. The average Bonchev–Trinajstić information content (AvgIpc) is 2.03. The Hall–Kier alpha value is -0.120. The van der Waals surface area contributed by atoms with Gasteiger partial charge in [-0.25, -0.2) is 0 Å². The molecule has 1 rings (SSSR count). The van der Waals surface area contributed by atoms with Gasteiger partial charge in [-0.1, -0.05) is 0 Å². The van der Waals surface area contributed by atoms with Crippen LogP contribution in [-0.4, -0.2) is 47.7 Å². The monoisotopic (exact) mass is 185 g/mol. The van der Waals surface area contributed by atoms with Gasteiger partial charge in [-0.2, -0.15) is 0 Å². The molecule has 3 heteroatoms. The third-order valence-electron chi connectivity index (χ3n) is 2.86. The Bertz CT molecular complexity index is 152. The van der Waals surface area contributed by atoms with Crippen molar-refractivity contribution >= 4 is 0 Å². The maximum absolute atomic E-state index is 6.04. The number of piperazine rings is 1. The highest BCUT2D eigenvalue weighted by molar-refractivity contribution is 4.81. The van der Waals surface area contributed by atoms with Gasteiger partial charge in [0.05, 0.1) is 5.66 Å². The molecule has 1 aliphatic rings. The van der Waals surface area contributed by atoms with Crippen molar-refractivity contribution in [1.29, 1.82) is 0 Å². The highest BCUT2D eigenvalue weighted by atomic mass is 15.3. The van der Waals surface area contributed by atoms with Crippen molar-refractivity contribution < 1.29 is 0 Å². The van der Waals surface area contributed by atoms with E-state index in [0.29, 0.717) is 6.04 Å². The van der Waals surface area contributed by atoms with E-state index in [2.05, 4.69) is 37.5 Å². The van der Waals surface area contributed by atoms with Crippen LogP contribution in [0.2, 0.25) is 0 Å². The van der Waals surface area contributed by atoms with Crippen molar-refractivity contribution in [2.24, 2.45) is 5.73 Å². The predicted octanol–water partition coefficient (Wildman–Crippen LogP) is 0.707. The van der Waals surface area contributed by atoms with E-state index < -0.39 is 0 Å². The van der Waals surface area contributed by atoms with E-state index in [4.69, 9.17) is 5.73 Å². The third-order valence-corrected chi connectivity index (χ3v) is 2.86. The Morgan fingerprint density at radius 1 is 1.08 bits per heavy atom. The summed E-state index contributed by atoms with van der Waals surface area (Å²) in [6.07, 6.45) is 0. The molecule has 0 aromatic carbocycles. The summed E-state index contributed by atoms with van der Waals surface area (Å²) in [5.74, 6) is 0. The second-order valence-electron chi connectivity index (χ2n) is 4.77. The molecule has 0 amide bonds. The summed E-state index contributed by atoms with van der Waals surface area (Å²) in [6.45, 7) is 13.2. The minimum Gasteiger partial charge on any atom is -0.314 e. The maximum Gasteiger partial charge on any atom is 0.0630 e. The van der Waals surface area contributed by atoms with Crippen LogP contribution in [0.4, 0.5) is 0 Å². The molecular formula is C10H23N3. The molecule has 0 saturated carbocycles. The van der Waals surface area contributed by atoms with Gasteiger partial charge in [0.1, 0.15) is 0 Å². The molecule has 13 heavy (non-hydrogen) atoms. The van der Waals surface area contributed by atoms with Crippen molar-refractivity contribution in [3.8, 4) is 0 Å². The van der Waals surface area contributed by atoms with Gasteiger partial charge in [-0.15, -0.1) is 0 Å². The van der Waals surface area contributed by atoms with E-state index in [-0.39, 0.29) is 5.66 Å². The van der Waals surface area contributed by atoms with E-state index in [1.54, 1.807) is 0 Å². The van der Waals surface area contributed by atoms with Crippen LogP contribution in [0.3, 0.4) is 0 Å². The molecule has 1 heterocycles. The molecule has 1 fully saturated rings. The zero-order valence-corrected chi connectivity index (χ0v) is 9.38. The zero-order chi connectivity index (χ0) is 10.1.